The monoisotopic (exact) mass is 351 g/mol. The van der Waals surface area contributed by atoms with Gasteiger partial charge in [0.05, 0.1) is 11.9 Å². The van der Waals surface area contributed by atoms with Crippen LogP contribution in [0.2, 0.25) is 0 Å². The zero-order valence-corrected chi connectivity index (χ0v) is 15.0. The third-order valence-electron chi connectivity index (χ3n) is 3.94. The Hall–Kier alpha value is -3.15. The molecule has 0 aliphatic rings. The number of carbonyl (C=O) groups is 2. The number of carbonyl (C=O) groups excluding carboxylic acids is 2. The number of likely N-dealkylation sites (N-methyl/N-ethyl adjacent to an activating group) is 1. The highest BCUT2D eigenvalue weighted by molar-refractivity contribution is 6.01. The van der Waals surface area contributed by atoms with E-state index in [-0.39, 0.29) is 24.4 Å². The summed E-state index contributed by atoms with van der Waals surface area (Å²) >= 11 is 0. The summed E-state index contributed by atoms with van der Waals surface area (Å²) in [6.07, 6.45) is 0. The third-order valence-corrected chi connectivity index (χ3v) is 3.94. The van der Waals surface area contributed by atoms with Gasteiger partial charge in [0.2, 0.25) is 5.91 Å². The Labute approximate surface area is 151 Å². The van der Waals surface area contributed by atoms with Gasteiger partial charge in [-0.3, -0.25) is 9.59 Å². The van der Waals surface area contributed by atoms with Crippen LogP contribution in [0.15, 0.2) is 53.1 Å². The zero-order chi connectivity index (χ0) is 18.7. The molecule has 6 heteroatoms. The second-order valence-corrected chi connectivity index (χ2v) is 6.49. The minimum absolute atomic E-state index is 0.00420. The van der Waals surface area contributed by atoms with Crippen LogP contribution in [-0.2, 0) is 4.79 Å². The van der Waals surface area contributed by atoms with E-state index in [0.717, 1.165) is 10.9 Å². The van der Waals surface area contributed by atoms with Crippen molar-refractivity contribution >= 4 is 22.7 Å². The molecule has 134 valence electrons. The number of rotatable bonds is 5. The van der Waals surface area contributed by atoms with Crippen LogP contribution in [0.5, 0.6) is 0 Å². The Morgan fingerprint density at radius 3 is 2.58 bits per heavy atom. The lowest BCUT2D eigenvalue weighted by molar-refractivity contribution is -0.122. The van der Waals surface area contributed by atoms with Gasteiger partial charge in [-0.25, -0.2) is 0 Å². The summed E-state index contributed by atoms with van der Waals surface area (Å²) in [5, 5.41) is 7.60. The molecule has 0 fully saturated rings. The normalized spacial score (nSPS) is 10.9. The first-order valence-electron chi connectivity index (χ1n) is 8.45. The lowest BCUT2D eigenvalue weighted by Gasteiger charge is -2.18. The van der Waals surface area contributed by atoms with E-state index in [1.807, 2.05) is 44.2 Å². The van der Waals surface area contributed by atoms with E-state index in [2.05, 4.69) is 10.5 Å². The number of nitrogens with zero attached hydrogens (tertiary/aromatic N) is 2. The van der Waals surface area contributed by atoms with Crippen LogP contribution < -0.4 is 5.32 Å². The first-order chi connectivity index (χ1) is 12.5. The van der Waals surface area contributed by atoms with Crippen molar-refractivity contribution in [1.29, 1.82) is 0 Å². The third kappa shape index (κ3) is 3.74. The fourth-order valence-corrected chi connectivity index (χ4v) is 2.75. The van der Waals surface area contributed by atoms with Gasteiger partial charge in [-0.05, 0) is 32.0 Å². The maximum atomic E-state index is 12.7. The quantitative estimate of drug-likeness (QED) is 0.766. The molecule has 2 amide bonds. The van der Waals surface area contributed by atoms with Crippen molar-refractivity contribution in [3.63, 3.8) is 0 Å². The Balaban J connectivity index is 1.86. The summed E-state index contributed by atoms with van der Waals surface area (Å²) in [7, 11) is 1.61. The Morgan fingerprint density at radius 1 is 1.15 bits per heavy atom. The van der Waals surface area contributed by atoms with E-state index in [4.69, 9.17) is 4.52 Å². The molecule has 6 nitrogen and oxygen atoms in total. The molecule has 3 rings (SSSR count). The summed E-state index contributed by atoms with van der Waals surface area (Å²) in [6, 6.07) is 14.8. The predicted molar refractivity (Wildman–Crippen MR) is 99.7 cm³/mol. The van der Waals surface area contributed by atoms with Gasteiger partial charge in [0.15, 0.2) is 5.76 Å². The van der Waals surface area contributed by atoms with Crippen LogP contribution >= 0.6 is 0 Å². The molecule has 0 aliphatic carbocycles. The van der Waals surface area contributed by atoms with Crippen LogP contribution in [0.1, 0.15) is 24.2 Å². The smallest absolute Gasteiger partial charge is 0.254 e. The van der Waals surface area contributed by atoms with Gasteiger partial charge in [-0.2, -0.15) is 0 Å². The molecule has 0 unspecified atom stereocenters. The van der Waals surface area contributed by atoms with E-state index in [9.17, 15) is 9.59 Å². The summed E-state index contributed by atoms with van der Waals surface area (Å²) in [6.45, 7) is 3.76. The van der Waals surface area contributed by atoms with Crippen molar-refractivity contribution in [2.24, 2.45) is 0 Å². The van der Waals surface area contributed by atoms with Crippen LogP contribution in [0, 0.1) is 0 Å². The highest BCUT2D eigenvalue weighted by Crippen LogP contribution is 2.29. The van der Waals surface area contributed by atoms with E-state index in [1.54, 1.807) is 25.2 Å². The molecule has 0 aliphatic heterocycles. The first-order valence-corrected chi connectivity index (χ1v) is 8.45. The van der Waals surface area contributed by atoms with Crippen molar-refractivity contribution < 1.29 is 14.1 Å². The van der Waals surface area contributed by atoms with Crippen molar-refractivity contribution in [1.82, 2.24) is 15.4 Å². The van der Waals surface area contributed by atoms with Gasteiger partial charge in [-0.1, -0.05) is 35.5 Å². The SMILES string of the molecule is CC(C)NC(=O)CN(C)C(=O)c1ccc2noc(-c3ccccc3)c2c1. The lowest BCUT2D eigenvalue weighted by Crippen LogP contribution is -2.40. The van der Waals surface area contributed by atoms with Crippen LogP contribution in [0.3, 0.4) is 0 Å². The summed E-state index contributed by atoms with van der Waals surface area (Å²) in [5.41, 5.74) is 2.06. The van der Waals surface area contributed by atoms with Crippen molar-refractivity contribution in [3.05, 3.63) is 54.1 Å². The molecule has 0 spiro atoms. The van der Waals surface area contributed by atoms with E-state index < -0.39 is 0 Å². The molecule has 1 N–H and O–H groups in total. The molecule has 2 aromatic carbocycles. The fourth-order valence-electron chi connectivity index (χ4n) is 2.75. The lowest BCUT2D eigenvalue weighted by atomic mass is 10.1. The minimum atomic E-state index is -0.231. The van der Waals surface area contributed by atoms with Crippen molar-refractivity contribution in [3.8, 4) is 11.3 Å². The number of fused-ring (bicyclic) bond motifs is 1. The number of amides is 2. The van der Waals surface area contributed by atoms with Crippen LogP contribution in [0.4, 0.5) is 0 Å². The predicted octanol–water partition coefficient (Wildman–Crippen LogP) is 3.09. The summed E-state index contributed by atoms with van der Waals surface area (Å²) in [5.74, 6) is 0.202. The molecular formula is C20H21N3O3. The average Bonchev–Trinajstić information content (AvgIpc) is 3.04. The van der Waals surface area contributed by atoms with E-state index in [1.165, 1.54) is 4.90 Å². The van der Waals surface area contributed by atoms with Crippen LogP contribution in [0.25, 0.3) is 22.2 Å². The van der Waals surface area contributed by atoms with Gasteiger partial charge in [-0.15, -0.1) is 0 Å². The van der Waals surface area contributed by atoms with Crippen molar-refractivity contribution in [2.75, 3.05) is 13.6 Å². The van der Waals surface area contributed by atoms with Gasteiger partial charge < -0.3 is 14.7 Å². The molecule has 3 aromatic rings. The maximum absolute atomic E-state index is 12.7. The van der Waals surface area contributed by atoms with Gasteiger partial charge in [0, 0.05) is 24.2 Å². The molecule has 1 aromatic heterocycles. The summed E-state index contributed by atoms with van der Waals surface area (Å²) < 4.78 is 5.47. The topological polar surface area (TPSA) is 75.4 Å². The molecule has 1 heterocycles. The van der Waals surface area contributed by atoms with Crippen molar-refractivity contribution in [2.45, 2.75) is 19.9 Å². The molecule has 0 atom stereocenters. The van der Waals surface area contributed by atoms with Gasteiger partial charge in [0.25, 0.3) is 5.91 Å². The second kappa shape index (κ2) is 7.39. The standard InChI is InChI=1S/C20H21N3O3/c1-13(2)21-18(24)12-23(3)20(25)15-9-10-17-16(11-15)19(26-22-17)14-7-5-4-6-8-14/h4-11,13H,12H2,1-3H3,(H,21,24). The molecule has 0 saturated heterocycles. The average molecular weight is 351 g/mol. The molecular weight excluding hydrogens is 330 g/mol. The number of benzene rings is 2. The van der Waals surface area contributed by atoms with E-state index in [0.29, 0.717) is 16.8 Å². The first kappa shape index (κ1) is 17.7. The van der Waals surface area contributed by atoms with E-state index >= 15 is 0 Å². The van der Waals surface area contributed by atoms with Gasteiger partial charge >= 0.3 is 0 Å². The van der Waals surface area contributed by atoms with Gasteiger partial charge in [0.1, 0.15) is 5.52 Å². The second-order valence-electron chi connectivity index (χ2n) is 6.49. The summed E-state index contributed by atoms with van der Waals surface area (Å²) in [4.78, 5) is 26.0. The minimum Gasteiger partial charge on any atom is -0.355 e. The molecule has 0 radical (unpaired) electrons. The number of nitrogens with one attached hydrogen (secondary N) is 1. The fraction of sp³-hybridized carbons (Fsp3) is 0.250. The maximum Gasteiger partial charge on any atom is 0.254 e. The zero-order valence-electron chi connectivity index (χ0n) is 15.0. The largest absolute Gasteiger partial charge is 0.355 e. The molecule has 26 heavy (non-hydrogen) atoms. The highest BCUT2D eigenvalue weighted by atomic mass is 16.5. The Bertz CT molecular complexity index is 932. The number of hydrogen-bond acceptors (Lipinski definition) is 4. The van der Waals surface area contributed by atoms with Crippen LogP contribution in [-0.4, -0.2) is 41.5 Å². The Kier molecular flexibility index (Phi) is 5.02. The number of hydrogen-bond donors (Lipinski definition) is 1. The molecule has 0 bridgehead atoms. The highest BCUT2D eigenvalue weighted by Gasteiger charge is 2.18. The molecule has 0 saturated carbocycles. The number of aromatic nitrogens is 1. The Morgan fingerprint density at radius 2 is 1.88 bits per heavy atom.